The lowest BCUT2D eigenvalue weighted by Gasteiger charge is -2.03. The molecule has 0 unspecified atom stereocenters. The van der Waals surface area contributed by atoms with Crippen LogP contribution in [0.3, 0.4) is 0 Å². The van der Waals surface area contributed by atoms with Crippen LogP contribution in [0.5, 0.6) is 0 Å². The van der Waals surface area contributed by atoms with E-state index in [-0.39, 0.29) is 11.1 Å². The van der Waals surface area contributed by atoms with E-state index in [1.54, 1.807) is 0 Å². The molecular weight excluding hydrogens is 227 g/mol. The summed E-state index contributed by atoms with van der Waals surface area (Å²) < 4.78 is 13.2. The lowest BCUT2D eigenvalue weighted by molar-refractivity contribution is 0.0696. The fourth-order valence-electron chi connectivity index (χ4n) is 1.41. The molecule has 6 heteroatoms. The first-order chi connectivity index (χ1) is 8.06. The second-order valence-electron chi connectivity index (χ2n) is 3.32. The van der Waals surface area contributed by atoms with Crippen molar-refractivity contribution < 1.29 is 14.3 Å². The maximum atomic E-state index is 13.2. The maximum Gasteiger partial charge on any atom is 0.345 e. The summed E-state index contributed by atoms with van der Waals surface area (Å²) in [6.45, 7) is 0. The van der Waals surface area contributed by atoms with Gasteiger partial charge in [-0.3, -0.25) is 0 Å². The number of H-pyrrole nitrogens is 1. The number of halogens is 1. The summed E-state index contributed by atoms with van der Waals surface area (Å²) >= 11 is 0. The van der Waals surface area contributed by atoms with Crippen molar-refractivity contribution in [3.63, 3.8) is 0 Å². The van der Waals surface area contributed by atoms with E-state index in [9.17, 15) is 14.0 Å². The molecule has 0 saturated carbocycles. The van der Waals surface area contributed by atoms with Crippen LogP contribution in [-0.2, 0) is 0 Å². The molecule has 1 aromatic heterocycles. The van der Waals surface area contributed by atoms with E-state index in [0.717, 1.165) is 12.1 Å². The van der Waals surface area contributed by atoms with Crippen LogP contribution in [-0.4, -0.2) is 21.0 Å². The van der Waals surface area contributed by atoms with E-state index in [4.69, 9.17) is 5.11 Å². The molecule has 1 heterocycles. The van der Waals surface area contributed by atoms with E-state index in [1.165, 1.54) is 18.3 Å². The predicted molar refractivity (Wildman–Crippen MR) is 57.2 cm³/mol. The first-order valence-corrected chi connectivity index (χ1v) is 4.66. The Hall–Kier alpha value is -2.50. The van der Waals surface area contributed by atoms with Gasteiger partial charge in [0.25, 0.3) is 0 Å². The summed E-state index contributed by atoms with van der Waals surface area (Å²) in [5, 5.41) is 8.78. The molecular formula is C11H7FN2O3. The van der Waals surface area contributed by atoms with Crippen LogP contribution in [0.4, 0.5) is 4.39 Å². The van der Waals surface area contributed by atoms with Gasteiger partial charge in [-0.05, 0) is 24.3 Å². The van der Waals surface area contributed by atoms with E-state index in [1.807, 2.05) is 0 Å². The summed E-state index contributed by atoms with van der Waals surface area (Å²) in [7, 11) is 0. The van der Waals surface area contributed by atoms with E-state index >= 15 is 0 Å². The zero-order chi connectivity index (χ0) is 12.4. The average molecular weight is 234 g/mol. The Morgan fingerprint density at radius 3 is 2.76 bits per heavy atom. The average Bonchev–Trinajstić information content (AvgIpc) is 2.28. The molecule has 86 valence electrons. The van der Waals surface area contributed by atoms with Crippen LogP contribution in [0.2, 0.25) is 0 Å². The summed E-state index contributed by atoms with van der Waals surface area (Å²) in [5.74, 6) is -1.92. The summed E-state index contributed by atoms with van der Waals surface area (Å²) in [5.41, 5.74) is -0.171. The minimum absolute atomic E-state index is 0.183. The largest absolute Gasteiger partial charge is 0.478 e. The van der Waals surface area contributed by atoms with Crippen LogP contribution < -0.4 is 5.69 Å². The van der Waals surface area contributed by atoms with Gasteiger partial charge in [-0.25, -0.2) is 19.0 Å². The fourth-order valence-corrected chi connectivity index (χ4v) is 1.41. The zero-order valence-corrected chi connectivity index (χ0v) is 8.48. The Morgan fingerprint density at radius 2 is 2.12 bits per heavy atom. The quantitative estimate of drug-likeness (QED) is 0.819. The van der Waals surface area contributed by atoms with Crippen molar-refractivity contribution in [2.45, 2.75) is 0 Å². The number of hydrogen-bond donors (Lipinski definition) is 2. The van der Waals surface area contributed by atoms with E-state index in [0.29, 0.717) is 5.69 Å². The maximum absolute atomic E-state index is 13.2. The topological polar surface area (TPSA) is 83.0 Å². The molecule has 2 N–H and O–H groups in total. The lowest BCUT2D eigenvalue weighted by Crippen LogP contribution is -2.09. The van der Waals surface area contributed by atoms with Gasteiger partial charge in [0.15, 0.2) is 0 Å². The Balaban J connectivity index is 2.59. The minimum Gasteiger partial charge on any atom is -0.478 e. The van der Waals surface area contributed by atoms with E-state index < -0.39 is 17.5 Å². The molecule has 2 rings (SSSR count). The smallest absolute Gasteiger partial charge is 0.345 e. The molecule has 0 aliphatic rings. The van der Waals surface area contributed by atoms with Gasteiger partial charge in [-0.15, -0.1) is 0 Å². The predicted octanol–water partition coefficient (Wildman–Crippen LogP) is 1.27. The molecule has 0 saturated heterocycles. The standard InChI is InChI=1S/C11H7FN2O3/c12-8-4-6(3-7(5-8)10(15)16)9-1-2-13-11(17)14-9/h1-5H,(H,15,16)(H,13,14,17). The van der Waals surface area contributed by atoms with Crippen molar-refractivity contribution in [1.29, 1.82) is 0 Å². The lowest BCUT2D eigenvalue weighted by atomic mass is 10.1. The zero-order valence-electron chi connectivity index (χ0n) is 8.48. The van der Waals surface area contributed by atoms with Gasteiger partial charge in [0.1, 0.15) is 5.82 Å². The summed E-state index contributed by atoms with van der Waals surface area (Å²) in [6.07, 6.45) is 1.26. The number of carboxylic acids is 1. The molecule has 2 aromatic rings. The van der Waals surface area contributed by atoms with Gasteiger partial charge in [0, 0.05) is 11.8 Å². The Labute approximate surface area is 94.6 Å². The van der Waals surface area contributed by atoms with Crippen LogP contribution in [0, 0.1) is 5.82 Å². The van der Waals surface area contributed by atoms with Crippen LogP contribution >= 0.6 is 0 Å². The van der Waals surface area contributed by atoms with Gasteiger partial charge < -0.3 is 10.1 Å². The Morgan fingerprint density at radius 1 is 1.35 bits per heavy atom. The first-order valence-electron chi connectivity index (χ1n) is 4.66. The van der Waals surface area contributed by atoms with Crippen LogP contribution in [0.15, 0.2) is 35.3 Å². The number of benzene rings is 1. The third kappa shape index (κ3) is 2.36. The number of hydrogen-bond acceptors (Lipinski definition) is 3. The number of aromatic carboxylic acids is 1. The first kappa shape index (κ1) is 11.0. The Bertz CT molecular complexity index is 637. The van der Waals surface area contributed by atoms with Crippen molar-refractivity contribution in [2.75, 3.05) is 0 Å². The molecule has 0 atom stereocenters. The molecule has 0 radical (unpaired) electrons. The highest BCUT2D eigenvalue weighted by molar-refractivity contribution is 5.89. The van der Waals surface area contributed by atoms with Gasteiger partial charge in [-0.1, -0.05) is 0 Å². The highest BCUT2D eigenvalue weighted by atomic mass is 19.1. The molecule has 5 nitrogen and oxygen atoms in total. The summed E-state index contributed by atoms with van der Waals surface area (Å²) in [4.78, 5) is 27.6. The fraction of sp³-hybridized carbons (Fsp3) is 0. The van der Waals surface area contributed by atoms with Crippen molar-refractivity contribution >= 4 is 5.97 Å². The second-order valence-corrected chi connectivity index (χ2v) is 3.32. The normalized spacial score (nSPS) is 10.2. The molecule has 17 heavy (non-hydrogen) atoms. The van der Waals surface area contributed by atoms with Gasteiger partial charge >= 0.3 is 11.7 Å². The van der Waals surface area contributed by atoms with Crippen molar-refractivity contribution in [1.82, 2.24) is 9.97 Å². The molecule has 0 bridgehead atoms. The molecule has 1 aromatic carbocycles. The number of nitrogens with one attached hydrogen (secondary N) is 1. The molecule has 0 aliphatic carbocycles. The molecule has 0 aliphatic heterocycles. The monoisotopic (exact) mass is 234 g/mol. The number of rotatable bonds is 2. The molecule has 0 spiro atoms. The highest BCUT2D eigenvalue weighted by Crippen LogP contribution is 2.18. The second kappa shape index (κ2) is 4.17. The third-order valence-electron chi connectivity index (χ3n) is 2.13. The van der Waals surface area contributed by atoms with Crippen molar-refractivity contribution in [2.24, 2.45) is 0 Å². The van der Waals surface area contributed by atoms with Crippen molar-refractivity contribution in [3.05, 3.63) is 52.3 Å². The molecule has 0 amide bonds. The number of aromatic nitrogens is 2. The van der Waals surface area contributed by atoms with Crippen molar-refractivity contribution in [3.8, 4) is 11.3 Å². The molecule has 0 fully saturated rings. The van der Waals surface area contributed by atoms with Crippen LogP contribution in [0.25, 0.3) is 11.3 Å². The Kier molecular flexibility index (Phi) is 2.70. The van der Waals surface area contributed by atoms with Gasteiger partial charge in [0.2, 0.25) is 0 Å². The minimum atomic E-state index is -1.23. The van der Waals surface area contributed by atoms with Gasteiger partial charge in [-0.2, -0.15) is 0 Å². The highest BCUT2D eigenvalue weighted by Gasteiger charge is 2.08. The number of carbonyl (C=O) groups is 1. The summed E-state index contributed by atoms with van der Waals surface area (Å²) in [6, 6.07) is 4.78. The van der Waals surface area contributed by atoms with E-state index in [2.05, 4.69) is 9.97 Å². The number of aromatic amines is 1. The number of nitrogens with zero attached hydrogens (tertiary/aromatic N) is 1. The number of carboxylic acid groups (broad SMARTS) is 1. The SMILES string of the molecule is O=C(O)c1cc(F)cc(-c2ccnc(=O)[nH]2)c1. The third-order valence-corrected chi connectivity index (χ3v) is 2.13. The van der Waals surface area contributed by atoms with Crippen LogP contribution in [0.1, 0.15) is 10.4 Å². The van der Waals surface area contributed by atoms with Gasteiger partial charge in [0.05, 0.1) is 11.3 Å².